The van der Waals surface area contributed by atoms with Crippen molar-refractivity contribution in [2.75, 3.05) is 5.32 Å². The molecule has 4 rings (SSSR count). The third-order valence-electron chi connectivity index (χ3n) is 4.41. The molecule has 4 aromatic rings. The number of rotatable bonds is 5. The Hall–Kier alpha value is -2.86. The van der Waals surface area contributed by atoms with Crippen molar-refractivity contribution in [3.8, 4) is 0 Å². The van der Waals surface area contributed by atoms with Crippen LogP contribution in [0.15, 0.2) is 59.6 Å². The van der Waals surface area contributed by atoms with Crippen molar-refractivity contribution in [2.24, 2.45) is 0 Å². The van der Waals surface area contributed by atoms with Crippen LogP contribution in [0.1, 0.15) is 24.6 Å². The Balaban J connectivity index is 1.69. The number of thioether (sulfide) groups is 1. The minimum absolute atomic E-state index is 0.0223. The summed E-state index contributed by atoms with van der Waals surface area (Å²) in [4.78, 5) is 21.1. The Morgan fingerprint density at radius 3 is 2.70 bits per heavy atom. The first kappa shape index (κ1) is 17.5. The van der Waals surface area contributed by atoms with Gasteiger partial charge in [0.1, 0.15) is 5.03 Å². The summed E-state index contributed by atoms with van der Waals surface area (Å²) < 4.78 is 2.11. The minimum atomic E-state index is 0.0223. The zero-order valence-electron chi connectivity index (χ0n) is 15.3. The quantitative estimate of drug-likeness (QED) is 0.507. The van der Waals surface area contributed by atoms with E-state index in [4.69, 9.17) is 0 Å². The molecule has 0 saturated heterocycles. The topological polar surface area (TPSA) is 59.3 Å². The summed E-state index contributed by atoms with van der Waals surface area (Å²) in [5, 5.41) is 4.06. The number of anilines is 1. The second-order valence-electron chi connectivity index (χ2n) is 6.28. The molecule has 0 atom stereocenters. The average molecular weight is 376 g/mol. The normalized spacial score (nSPS) is 11.2. The maximum absolute atomic E-state index is 11.8. The molecular formula is C21H20N4OS. The van der Waals surface area contributed by atoms with E-state index < -0.39 is 0 Å². The molecule has 2 heterocycles. The summed E-state index contributed by atoms with van der Waals surface area (Å²) in [7, 11) is 0. The van der Waals surface area contributed by atoms with Gasteiger partial charge in [-0.25, -0.2) is 9.97 Å². The molecule has 136 valence electrons. The van der Waals surface area contributed by atoms with Crippen molar-refractivity contribution in [1.82, 2.24) is 14.4 Å². The molecule has 2 aromatic carbocycles. The van der Waals surface area contributed by atoms with Crippen molar-refractivity contribution in [1.29, 1.82) is 0 Å². The molecule has 0 bridgehead atoms. The van der Waals surface area contributed by atoms with Gasteiger partial charge in [-0.05, 0) is 30.7 Å². The Morgan fingerprint density at radius 1 is 1.07 bits per heavy atom. The van der Waals surface area contributed by atoms with Crippen LogP contribution in [-0.4, -0.2) is 20.3 Å². The number of benzene rings is 1. The van der Waals surface area contributed by atoms with E-state index in [1.54, 1.807) is 11.8 Å². The van der Waals surface area contributed by atoms with Crippen LogP contribution < -0.4 is 5.32 Å². The molecule has 0 saturated carbocycles. The first-order chi connectivity index (χ1) is 13.2. The van der Waals surface area contributed by atoms with E-state index in [1.165, 1.54) is 0 Å². The molecular weight excluding hydrogens is 356 g/mol. The highest BCUT2D eigenvalue weighted by atomic mass is 32.2. The fourth-order valence-electron chi connectivity index (χ4n) is 3.03. The van der Waals surface area contributed by atoms with Crippen LogP contribution in [0.2, 0.25) is 0 Å². The van der Waals surface area contributed by atoms with Crippen LogP contribution in [0, 0.1) is 6.92 Å². The van der Waals surface area contributed by atoms with Crippen LogP contribution in [-0.2, 0) is 10.5 Å². The number of para-hydroxylation sites is 1. The average Bonchev–Trinajstić information content (AvgIpc) is 3.04. The number of hydrogen-bond acceptors (Lipinski definition) is 4. The molecule has 0 aliphatic rings. The van der Waals surface area contributed by atoms with Crippen molar-refractivity contribution in [3.05, 3.63) is 65.9 Å². The van der Waals surface area contributed by atoms with E-state index in [2.05, 4.69) is 25.8 Å². The lowest BCUT2D eigenvalue weighted by atomic mass is 10.2. The number of aromatic nitrogens is 3. The highest BCUT2D eigenvalue weighted by Crippen LogP contribution is 2.31. The number of fused-ring (bicyclic) bond motifs is 3. The van der Waals surface area contributed by atoms with E-state index in [9.17, 15) is 4.79 Å². The van der Waals surface area contributed by atoms with E-state index in [0.29, 0.717) is 6.42 Å². The molecule has 27 heavy (non-hydrogen) atoms. The van der Waals surface area contributed by atoms with Crippen LogP contribution in [0.3, 0.4) is 0 Å². The third kappa shape index (κ3) is 3.40. The number of imidazole rings is 2. The maximum Gasteiger partial charge on any atom is 0.236 e. The van der Waals surface area contributed by atoms with Gasteiger partial charge in [0, 0.05) is 17.9 Å². The van der Waals surface area contributed by atoms with E-state index in [0.717, 1.165) is 44.5 Å². The molecule has 0 radical (unpaired) electrons. The summed E-state index contributed by atoms with van der Waals surface area (Å²) in [6.07, 6.45) is 0.464. The zero-order chi connectivity index (χ0) is 18.8. The van der Waals surface area contributed by atoms with Gasteiger partial charge in [-0.15, -0.1) is 11.8 Å². The van der Waals surface area contributed by atoms with E-state index in [1.807, 2.05) is 62.4 Å². The molecule has 2 aromatic heterocycles. The second-order valence-corrected chi connectivity index (χ2v) is 7.24. The van der Waals surface area contributed by atoms with Crippen molar-refractivity contribution in [3.63, 3.8) is 0 Å². The monoisotopic (exact) mass is 376 g/mol. The first-order valence-corrected chi connectivity index (χ1v) is 9.90. The minimum Gasteiger partial charge on any atom is -0.326 e. The lowest BCUT2D eigenvalue weighted by molar-refractivity contribution is -0.115. The molecule has 6 heteroatoms. The lowest BCUT2D eigenvalue weighted by Gasteiger charge is -2.10. The predicted molar refractivity (Wildman–Crippen MR) is 110 cm³/mol. The standard InChI is InChI=1S/C21H20N4OS/c1-3-19(26)23-16-10-8-7-9-15(16)13-27-20-14(2)22-21-24-17-11-5-4-6-12-18(17)25(20)21/h4-12H,3,13H2,1-2H3,(H,23,26). The summed E-state index contributed by atoms with van der Waals surface area (Å²) in [6, 6.07) is 18.0. The number of carbonyl (C=O) groups is 1. The zero-order valence-corrected chi connectivity index (χ0v) is 16.1. The van der Waals surface area contributed by atoms with Crippen LogP contribution in [0.4, 0.5) is 5.69 Å². The summed E-state index contributed by atoms with van der Waals surface area (Å²) >= 11 is 1.71. The van der Waals surface area contributed by atoms with Crippen molar-refractivity contribution < 1.29 is 4.79 Å². The fourth-order valence-corrected chi connectivity index (χ4v) is 4.14. The molecule has 0 fully saturated rings. The van der Waals surface area contributed by atoms with Crippen molar-refractivity contribution >= 4 is 40.2 Å². The van der Waals surface area contributed by atoms with Gasteiger partial charge in [0.05, 0.1) is 16.7 Å². The first-order valence-electron chi connectivity index (χ1n) is 8.91. The van der Waals surface area contributed by atoms with Gasteiger partial charge < -0.3 is 5.32 Å². The number of hydrogen-bond donors (Lipinski definition) is 1. The van der Waals surface area contributed by atoms with Gasteiger partial charge in [0.2, 0.25) is 11.7 Å². The van der Waals surface area contributed by atoms with E-state index >= 15 is 0 Å². The second kappa shape index (κ2) is 7.40. The molecule has 1 N–H and O–H groups in total. The highest BCUT2D eigenvalue weighted by molar-refractivity contribution is 7.98. The fraction of sp³-hybridized carbons (Fsp3) is 0.190. The number of nitrogens with zero attached hydrogens (tertiary/aromatic N) is 3. The molecule has 0 aliphatic heterocycles. The maximum atomic E-state index is 11.8. The summed E-state index contributed by atoms with van der Waals surface area (Å²) in [5.74, 6) is 1.48. The highest BCUT2D eigenvalue weighted by Gasteiger charge is 2.15. The molecule has 0 aliphatic carbocycles. The Labute approximate surface area is 161 Å². The Morgan fingerprint density at radius 2 is 1.85 bits per heavy atom. The SMILES string of the molecule is CCC(=O)Nc1ccccc1CSc1c(C)nc2nc3cccccc3n12. The number of nitrogens with one attached hydrogen (secondary N) is 1. The Kier molecular flexibility index (Phi) is 4.81. The van der Waals surface area contributed by atoms with Crippen LogP contribution in [0.5, 0.6) is 0 Å². The molecule has 1 amide bonds. The largest absolute Gasteiger partial charge is 0.326 e. The van der Waals surface area contributed by atoms with Crippen LogP contribution >= 0.6 is 11.8 Å². The number of aryl methyl sites for hydroxylation is 1. The summed E-state index contributed by atoms with van der Waals surface area (Å²) in [5.41, 5.74) is 4.90. The molecule has 5 nitrogen and oxygen atoms in total. The van der Waals surface area contributed by atoms with Crippen molar-refractivity contribution in [2.45, 2.75) is 31.0 Å². The van der Waals surface area contributed by atoms with E-state index in [-0.39, 0.29) is 5.91 Å². The van der Waals surface area contributed by atoms with Gasteiger partial charge in [-0.2, -0.15) is 0 Å². The number of carbonyl (C=O) groups excluding carboxylic acids is 1. The van der Waals surface area contributed by atoms with Gasteiger partial charge in [0.15, 0.2) is 0 Å². The van der Waals surface area contributed by atoms with Gasteiger partial charge in [0.25, 0.3) is 0 Å². The van der Waals surface area contributed by atoms with Gasteiger partial charge in [-0.1, -0.05) is 43.3 Å². The number of amides is 1. The van der Waals surface area contributed by atoms with Gasteiger partial charge in [-0.3, -0.25) is 9.20 Å². The lowest BCUT2D eigenvalue weighted by Crippen LogP contribution is -2.10. The molecule has 0 unspecified atom stereocenters. The Bertz CT molecular complexity index is 1140. The summed E-state index contributed by atoms with van der Waals surface area (Å²) in [6.45, 7) is 3.86. The van der Waals surface area contributed by atoms with Crippen LogP contribution in [0.25, 0.3) is 16.8 Å². The van der Waals surface area contributed by atoms with Gasteiger partial charge >= 0.3 is 0 Å². The predicted octanol–water partition coefficient (Wildman–Crippen LogP) is 4.83. The molecule has 0 spiro atoms. The smallest absolute Gasteiger partial charge is 0.236 e. The third-order valence-corrected chi connectivity index (χ3v) is 5.62.